The van der Waals surface area contributed by atoms with E-state index >= 15 is 0 Å². The van der Waals surface area contributed by atoms with Gasteiger partial charge in [0.25, 0.3) is 0 Å². The van der Waals surface area contributed by atoms with Crippen LogP contribution in [0, 0.1) is 17.2 Å². The van der Waals surface area contributed by atoms with E-state index in [-0.39, 0.29) is 24.2 Å². The molecule has 1 rings (SSSR count). The lowest BCUT2D eigenvalue weighted by Crippen LogP contribution is -2.47. The third-order valence-corrected chi connectivity index (χ3v) is 3.87. The molecule has 0 bridgehead atoms. The Morgan fingerprint density at radius 3 is 2.82 bits per heavy atom. The molecule has 2 unspecified atom stereocenters. The molecule has 1 aliphatic carbocycles. The highest BCUT2D eigenvalue weighted by molar-refractivity contribution is 7.99. The van der Waals surface area contributed by atoms with Crippen LogP contribution in [0.15, 0.2) is 0 Å². The number of nitrogens with zero attached hydrogens (tertiary/aromatic N) is 1. The van der Waals surface area contributed by atoms with Crippen LogP contribution in [0.5, 0.6) is 0 Å². The predicted molar refractivity (Wildman–Crippen MR) is 65.3 cm³/mol. The van der Waals surface area contributed by atoms with Crippen molar-refractivity contribution in [2.24, 2.45) is 5.92 Å². The molecular formula is C11H18N2O3S. The smallest absolute Gasteiger partial charge is 0.231 e. The maximum atomic E-state index is 11.6. The number of nitriles is 1. The van der Waals surface area contributed by atoms with Crippen LogP contribution >= 0.6 is 11.8 Å². The molecule has 1 saturated carbocycles. The molecule has 17 heavy (non-hydrogen) atoms. The first-order valence-corrected chi connectivity index (χ1v) is 6.76. The van der Waals surface area contributed by atoms with E-state index in [0.717, 1.165) is 12.8 Å². The molecular weight excluding hydrogens is 240 g/mol. The summed E-state index contributed by atoms with van der Waals surface area (Å²) >= 11 is 1.25. The number of carbonyl (C=O) groups excluding carboxylic acids is 1. The molecule has 3 N–H and O–H groups in total. The van der Waals surface area contributed by atoms with Crippen molar-refractivity contribution in [3.63, 3.8) is 0 Å². The number of hydrogen-bond acceptors (Lipinski definition) is 5. The summed E-state index contributed by atoms with van der Waals surface area (Å²) in [7, 11) is 0. The number of aliphatic hydroxyl groups excluding tert-OH is 2. The minimum Gasteiger partial charge on any atom is -0.394 e. The Hall–Kier alpha value is -0.770. The molecule has 0 aromatic carbocycles. The first-order valence-electron chi connectivity index (χ1n) is 5.60. The first-order chi connectivity index (χ1) is 8.01. The Bertz CT molecular complexity index is 314. The van der Waals surface area contributed by atoms with Crippen LogP contribution in [0.2, 0.25) is 0 Å². The Labute approximate surface area is 105 Å². The summed E-state index contributed by atoms with van der Waals surface area (Å²) in [4.78, 5) is 11.6. The summed E-state index contributed by atoms with van der Waals surface area (Å²) in [5, 5.41) is 29.5. The van der Waals surface area contributed by atoms with Gasteiger partial charge in [0.1, 0.15) is 5.54 Å². The molecule has 0 saturated heterocycles. The zero-order chi connectivity index (χ0) is 12.9. The Morgan fingerprint density at radius 1 is 1.71 bits per heavy atom. The van der Waals surface area contributed by atoms with Gasteiger partial charge in [-0.05, 0) is 25.7 Å². The molecule has 0 heterocycles. The van der Waals surface area contributed by atoms with Gasteiger partial charge in [0.2, 0.25) is 5.91 Å². The maximum absolute atomic E-state index is 11.6. The predicted octanol–water partition coefficient (Wildman–Crippen LogP) is -0.119. The van der Waals surface area contributed by atoms with E-state index in [9.17, 15) is 4.79 Å². The Kier molecular flexibility index (Phi) is 5.25. The van der Waals surface area contributed by atoms with Crippen LogP contribution in [-0.4, -0.2) is 45.9 Å². The molecule has 2 atom stereocenters. The minimum absolute atomic E-state index is 0.195. The third kappa shape index (κ3) is 4.54. The van der Waals surface area contributed by atoms with Crippen molar-refractivity contribution in [1.29, 1.82) is 5.26 Å². The van der Waals surface area contributed by atoms with Crippen LogP contribution in [0.3, 0.4) is 0 Å². The molecule has 96 valence electrons. The zero-order valence-corrected chi connectivity index (χ0v) is 10.7. The van der Waals surface area contributed by atoms with E-state index in [4.69, 9.17) is 15.5 Å². The van der Waals surface area contributed by atoms with Gasteiger partial charge in [0.05, 0.1) is 24.5 Å². The van der Waals surface area contributed by atoms with Gasteiger partial charge in [-0.25, -0.2) is 0 Å². The van der Waals surface area contributed by atoms with Crippen LogP contribution in [0.1, 0.15) is 19.8 Å². The van der Waals surface area contributed by atoms with Crippen molar-refractivity contribution < 1.29 is 15.0 Å². The van der Waals surface area contributed by atoms with Gasteiger partial charge in [-0.1, -0.05) is 0 Å². The van der Waals surface area contributed by atoms with Crippen molar-refractivity contribution in [3.05, 3.63) is 0 Å². The van der Waals surface area contributed by atoms with Gasteiger partial charge in [0, 0.05) is 5.75 Å². The van der Waals surface area contributed by atoms with Crippen molar-refractivity contribution in [3.8, 4) is 6.07 Å². The largest absolute Gasteiger partial charge is 0.394 e. The normalized spacial score (nSPS) is 20.1. The SMILES string of the molecule is CC(C#N)(NC(=O)CSCC(O)CO)C1CC1. The van der Waals surface area contributed by atoms with Crippen LogP contribution in [0.4, 0.5) is 0 Å². The molecule has 0 radical (unpaired) electrons. The summed E-state index contributed by atoms with van der Waals surface area (Å²) in [5.74, 6) is 0.582. The lowest BCUT2D eigenvalue weighted by Gasteiger charge is -2.22. The highest BCUT2D eigenvalue weighted by atomic mass is 32.2. The van der Waals surface area contributed by atoms with Crippen LogP contribution in [-0.2, 0) is 4.79 Å². The second-order valence-electron chi connectivity index (χ2n) is 4.49. The molecule has 0 aromatic heterocycles. The van der Waals surface area contributed by atoms with E-state index in [1.54, 1.807) is 6.92 Å². The average Bonchev–Trinajstić information content (AvgIpc) is 3.12. The van der Waals surface area contributed by atoms with Crippen LogP contribution < -0.4 is 5.32 Å². The van der Waals surface area contributed by atoms with Gasteiger partial charge in [-0.15, -0.1) is 11.8 Å². The third-order valence-electron chi connectivity index (χ3n) is 2.78. The zero-order valence-electron chi connectivity index (χ0n) is 9.85. The Morgan fingerprint density at radius 2 is 2.35 bits per heavy atom. The van der Waals surface area contributed by atoms with E-state index in [1.165, 1.54) is 11.8 Å². The highest BCUT2D eigenvalue weighted by Crippen LogP contribution is 2.39. The molecule has 1 amide bonds. The fourth-order valence-electron chi connectivity index (χ4n) is 1.55. The molecule has 6 heteroatoms. The van der Waals surface area contributed by atoms with E-state index in [2.05, 4.69) is 11.4 Å². The number of nitrogens with one attached hydrogen (secondary N) is 1. The summed E-state index contributed by atoms with van der Waals surface area (Å²) in [6.45, 7) is 1.45. The van der Waals surface area contributed by atoms with E-state index < -0.39 is 11.6 Å². The number of carbonyl (C=O) groups is 1. The lowest BCUT2D eigenvalue weighted by molar-refractivity contribution is -0.119. The number of rotatable bonds is 7. The second-order valence-corrected chi connectivity index (χ2v) is 5.52. The van der Waals surface area contributed by atoms with Crippen molar-refractivity contribution in [2.75, 3.05) is 18.1 Å². The monoisotopic (exact) mass is 258 g/mol. The summed E-state index contributed by atoms with van der Waals surface area (Å²) in [6, 6.07) is 2.15. The van der Waals surface area contributed by atoms with Gasteiger partial charge in [0.15, 0.2) is 0 Å². The topological polar surface area (TPSA) is 93.4 Å². The van der Waals surface area contributed by atoms with Gasteiger partial charge in [-0.2, -0.15) is 5.26 Å². The minimum atomic E-state index is -0.793. The molecule has 5 nitrogen and oxygen atoms in total. The summed E-state index contributed by atoms with van der Waals surface area (Å²) in [5.41, 5.74) is -0.757. The number of hydrogen-bond donors (Lipinski definition) is 3. The number of thioether (sulfide) groups is 1. The maximum Gasteiger partial charge on any atom is 0.231 e. The molecule has 0 aromatic rings. The van der Waals surface area contributed by atoms with E-state index in [0.29, 0.717) is 5.75 Å². The van der Waals surface area contributed by atoms with Crippen molar-refractivity contribution in [1.82, 2.24) is 5.32 Å². The summed E-state index contributed by atoms with van der Waals surface area (Å²) in [6.07, 6.45) is 1.18. The molecule has 0 aliphatic heterocycles. The molecule has 0 spiro atoms. The lowest BCUT2D eigenvalue weighted by atomic mass is 9.98. The van der Waals surface area contributed by atoms with Crippen molar-refractivity contribution in [2.45, 2.75) is 31.4 Å². The molecule has 1 aliphatic rings. The summed E-state index contributed by atoms with van der Waals surface area (Å²) < 4.78 is 0. The average molecular weight is 258 g/mol. The van der Waals surface area contributed by atoms with Gasteiger partial charge in [-0.3, -0.25) is 4.79 Å². The quantitative estimate of drug-likeness (QED) is 0.592. The number of aliphatic hydroxyl groups is 2. The highest BCUT2D eigenvalue weighted by Gasteiger charge is 2.42. The van der Waals surface area contributed by atoms with E-state index in [1.807, 2.05) is 0 Å². The fourth-order valence-corrected chi connectivity index (χ4v) is 2.30. The Balaban J connectivity index is 2.27. The van der Waals surface area contributed by atoms with Gasteiger partial charge >= 0.3 is 0 Å². The number of amides is 1. The van der Waals surface area contributed by atoms with Crippen LogP contribution in [0.25, 0.3) is 0 Å². The standard InChI is InChI=1S/C11H18N2O3S/c1-11(7-12,8-2-3-8)13-10(16)6-17-5-9(15)4-14/h8-9,14-15H,2-6H2,1H3,(H,13,16). The van der Waals surface area contributed by atoms with Gasteiger partial charge < -0.3 is 15.5 Å². The fraction of sp³-hybridized carbons (Fsp3) is 0.818. The van der Waals surface area contributed by atoms with Crippen molar-refractivity contribution >= 4 is 17.7 Å². The molecule has 1 fully saturated rings. The second kappa shape index (κ2) is 6.24. The first kappa shape index (κ1) is 14.3.